The predicted molar refractivity (Wildman–Crippen MR) is 75.1 cm³/mol. The summed E-state index contributed by atoms with van der Waals surface area (Å²) in [7, 11) is 0. The Labute approximate surface area is 106 Å². The normalized spacial score (nSPS) is 25.8. The lowest BCUT2D eigenvalue weighted by atomic mass is 9.95. The Morgan fingerprint density at radius 3 is 3.00 bits per heavy atom. The molecular formula is C12H20N2S2. The molecule has 90 valence electrons. The summed E-state index contributed by atoms with van der Waals surface area (Å²) in [6, 6.07) is 2.67. The maximum Gasteiger partial charge on any atom is 0.0468 e. The minimum absolute atomic E-state index is 0.672. The Morgan fingerprint density at radius 1 is 1.50 bits per heavy atom. The monoisotopic (exact) mass is 256 g/mol. The van der Waals surface area contributed by atoms with Crippen LogP contribution in [-0.4, -0.2) is 17.5 Å². The van der Waals surface area contributed by atoms with Gasteiger partial charge in [0.25, 0.3) is 0 Å². The van der Waals surface area contributed by atoms with Gasteiger partial charge in [0, 0.05) is 28.4 Å². The number of nitrogens with one attached hydrogen (secondary N) is 1. The number of nitrogens with two attached hydrogens (primary N) is 1. The van der Waals surface area contributed by atoms with E-state index in [9.17, 15) is 0 Å². The van der Waals surface area contributed by atoms with Gasteiger partial charge in [-0.2, -0.15) is 11.8 Å². The molecular weight excluding hydrogens is 236 g/mol. The number of rotatable bonds is 4. The summed E-state index contributed by atoms with van der Waals surface area (Å²) < 4.78 is 0. The van der Waals surface area contributed by atoms with Gasteiger partial charge in [-0.3, -0.25) is 0 Å². The van der Waals surface area contributed by atoms with E-state index in [4.69, 9.17) is 5.73 Å². The zero-order valence-electron chi connectivity index (χ0n) is 9.74. The molecule has 1 heterocycles. The van der Waals surface area contributed by atoms with Gasteiger partial charge in [0.05, 0.1) is 0 Å². The molecule has 1 aromatic rings. The molecule has 3 N–H and O–H groups in total. The van der Waals surface area contributed by atoms with Gasteiger partial charge >= 0.3 is 0 Å². The van der Waals surface area contributed by atoms with Crippen LogP contribution in [0.3, 0.4) is 0 Å². The van der Waals surface area contributed by atoms with Crippen molar-refractivity contribution in [3.63, 3.8) is 0 Å². The summed E-state index contributed by atoms with van der Waals surface area (Å²) >= 11 is 3.76. The van der Waals surface area contributed by atoms with Gasteiger partial charge in [0.15, 0.2) is 0 Å². The van der Waals surface area contributed by atoms with E-state index in [0.29, 0.717) is 6.04 Å². The van der Waals surface area contributed by atoms with Gasteiger partial charge in [-0.15, -0.1) is 11.3 Å². The largest absolute Gasteiger partial charge is 0.398 e. The van der Waals surface area contributed by atoms with Crippen LogP contribution >= 0.6 is 23.1 Å². The van der Waals surface area contributed by atoms with Crippen LogP contribution in [0.25, 0.3) is 0 Å². The van der Waals surface area contributed by atoms with E-state index in [2.05, 4.69) is 17.0 Å². The fourth-order valence-corrected chi connectivity index (χ4v) is 4.04. The molecule has 0 saturated heterocycles. The van der Waals surface area contributed by atoms with Gasteiger partial charge in [0.2, 0.25) is 0 Å². The Balaban J connectivity index is 1.86. The lowest BCUT2D eigenvalue weighted by Gasteiger charge is -2.31. The van der Waals surface area contributed by atoms with Crippen molar-refractivity contribution in [2.45, 2.75) is 43.5 Å². The molecule has 0 spiro atoms. The first kappa shape index (κ1) is 12.3. The maximum atomic E-state index is 5.89. The van der Waals surface area contributed by atoms with Crippen LogP contribution < -0.4 is 11.1 Å². The highest BCUT2D eigenvalue weighted by Crippen LogP contribution is 2.28. The van der Waals surface area contributed by atoms with Crippen molar-refractivity contribution >= 4 is 28.8 Å². The third kappa shape index (κ3) is 2.93. The van der Waals surface area contributed by atoms with Crippen molar-refractivity contribution in [2.75, 3.05) is 12.0 Å². The Bertz CT molecular complexity index is 325. The molecule has 2 unspecified atom stereocenters. The van der Waals surface area contributed by atoms with Gasteiger partial charge in [-0.1, -0.05) is 12.8 Å². The molecule has 0 radical (unpaired) electrons. The lowest BCUT2D eigenvalue weighted by Crippen LogP contribution is -2.39. The quantitative estimate of drug-likeness (QED) is 0.869. The second-order valence-corrected chi connectivity index (χ2v) is 6.42. The molecule has 1 aromatic heterocycles. The number of hydrogen-bond donors (Lipinski definition) is 2. The molecule has 1 aliphatic rings. The van der Waals surface area contributed by atoms with Crippen LogP contribution in [0.1, 0.15) is 30.6 Å². The number of thioether (sulfide) groups is 1. The van der Waals surface area contributed by atoms with Crippen molar-refractivity contribution in [1.29, 1.82) is 0 Å². The molecule has 0 bridgehead atoms. The fraction of sp³-hybridized carbons (Fsp3) is 0.667. The molecule has 2 atom stereocenters. The molecule has 0 aromatic carbocycles. The van der Waals surface area contributed by atoms with Crippen molar-refractivity contribution < 1.29 is 0 Å². The summed E-state index contributed by atoms with van der Waals surface area (Å²) in [5.41, 5.74) is 6.83. The number of anilines is 1. The summed E-state index contributed by atoms with van der Waals surface area (Å²) in [5.74, 6) is 0. The molecule has 1 fully saturated rings. The van der Waals surface area contributed by atoms with E-state index >= 15 is 0 Å². The molecule has 0 amide bonds. The second kappa shape index (κ2) is 5.94. The zero-order chi connectivity index (χ0) is 11.4. The minimum atomic E-state index is 0.672. The van der Waals surface area contributed by atoms with Crippen LogP contribution in [0.15, 0.2) is 11.4 Å². The number of thiophene rings is 1. The summed E-state index contributed by atoms with van der Waals surface area (Å²) in [5, 5.41) is 6.53. The Kier molecular flexibility index (Phi) is 4.55. The van der Waals surface area contributed by atoms with Gasteiger partial charge < -0.3 is 11.1 Å². The van der Waals surface area contributed by atoms with Crippen molar-refractivity contribution in [1.82, 2.24) is 5.32 Å². The van der Waals surface area contributed by atoms with Crippen LogP contribution in [0, 0.1) is 0 Å². The Hall–Kier alpha value is -0.190. The van der Waals surface area contributed by atoms with E-state index in [1.165, 1.54) is 30.6 Å². The second-order valence-electron chi connectivity index (χ2n) is 4.35. The van der Waals surface area contributed by atoms with Crippen molar-refractivity contribution in [3.05, 3.63) is 16.3 Å². The van der Waals surface area contributed by atoms with Gasteiger partial charge in [-0.05, 0) is 30.5 Å². The number of nitrogen functional groups attached to an aromatic ring is 1. The fourth-order valence-electron chi connectivity index (χ4n) is 2.33. The highest BCUT2D eigenvalue weighted by atomic mass is 32.2. The molecule has 16 heavy (non-hydrogen) atoms. The standard InChI is InChI=1S/C12H20N2S2/c1-15-11-5-3-2-4-10(11)14-8-12-9(13)6-7-16-12/h6-7,10-11,14H,2-5,8,13H2,1H3. The van der Waals surface area contributed by atoms with Crippen LogP contribution in [0.5, 0.6) is 0 Å². The average molecular weight is 256 g/mol. The summed E-state index contributed by atoms with van der Waals surface area (Å²) in [6.45, 7) is 0.936. The van der Waals surface area contributed by atoms with E-state index in [1.54, 1.807) is 11.3 Å². The highest BCUT2D eigenvalue weighted by molar-refractivity contribution is 7.99. The van der Waals surface area contributed by atoms with Crippen LogP contribution in [-0.2, 0) is 6.54 Å². The first-order valence-corrected chi connectivity index (χ1v) is 8.06. The smallest absolute Gasteiger partial charge is 0.0468 e. The minimum Gasteiger partial charge on any atom is -0.398 e. The Morgan fingerprint density at radius 2 is 2.31 bits per heavy atom. The average Bonchev–Trinajstić information content (AvgIpc) is 2.72. The highest BCUT2D eigenvalue weighted by Gasteiger charge is 2.23. The van der Waals surface area contributed by atoms with Crippen LogP contribution in [0.4, 0.5) is 5.69 Å². The molecule has 2 rings (SSSR count). The van der Waals surface area contributed by atoms with Crippen molar-refractivity contribution in [2.24, 2.45) is 0 Å². The molecule has 1 saturated carbocycles. The topological polar surface area (TPSA) is 38.0 Å². The third-order valence-electron chi connectivity index (χ3n) is 3.31. The van der Waals surface area contributed by atoms with Gasteiger partial charge in [-0.25, -0.2) is 0 Å². The van der Waals surface area contributed by atoms with Gasteiger partial charge in [0.1, 0.15) is 0 Å². The molecule has 4 heteroatoms. The van der Waals surface area contributed by atoms with E-state index in [0.717, 1.165) is 17.5 Å². The number of hydrogen-bond acceptors (Lipinski definition) is 4. The van der Waals surface area contributed by atoms with E-state index in [-0.39, 0.29) is 0 Å². The third-order valence-corrected chi connectivity index (χ3v) is 5.42. The lowest BCUT2D eigenvalue weighted by molar-refractivity contribution is 0.384. The molecule has 0 aliphatic heterocycles. The van der Waals surface area contributed by atoms with Crippen LogP contribution in [0.2, 0.25) is 0 Å². The predicted octanol–water partition coefficient (Wildman–Crippen LogP) is 3.09. The zero-order valence-corrected chi connectivity index (χ0v) is 11.4. The SMILES string of the molecule is CSC1CCCCC1NCc1sccc1N. The van der Waals surface area contributed by atoms with E-state index in [1.807, 2.05) is 17.8 Å². The van der Waals surface area contributed by atoms with Crippen molar-refractivity contribution in [3.8, 4) is 0 Å². The first-order valence-electron chi connectivity index (χ1n) is 5.89. The summed E-state index contributed by atoms with van der Waals surface area (Å²) in [6.07, 6.45) is 7.67. The van der Waals surface area contributed by atoms with E-state index < -0.39 is 0 Å². The first-order chi connectivity index (χ1) is 7.81. The molecule has 2 nitrogen and oxygen atoms in total. The maximum absolute atomic E-state index is 5.89. The molecule has 1 aliphatic carbocycles. The summed E-state index contributed by atoms with van der Waals surface area (Å²) in [4.78, 5) is 1.28.